The Morgan fingerprint density at radius 2 is 2.00 bits per heavy atom. The van der Waals surface area contributed by atoms with Crippen LogP contribution in [-0.2, 0) is 14.4 Å². The third-order valence-electron chi connectivity index (χ3n) is 3.57. The minimum Gasteiger partial charge on any atom is -0.370 e. The normalized spacial score (nSPS) is 18.6. The highest BCUT2D eigenvalue weighted by Crippen LogP contribution is 2.17. The highest BCUT2D eigenvalue weighted by molar-refractivity contribution is 5.91. The molecule has 2 unspecified atom stereocenters. The Balaban J connectivity index is 2.55. The van der Waals surface area contributed by atoms with Crippen LogP contribution >= 0.6 is 0 Å². The van der Waals surface area contributed by atoms with Crippen LogP contribution in [0.2, 0.25) is 0 Å². The maximum absolute atomic E-state index is 12.2. The van der Waals surface area contributed by atoms with Crippen molar-refractivity contribution in [2.24, 2.45) is 22.2 Å². The van der Waals surface area contributed by atoms with E-state index in [-0.39, 0.29) is 17.8 Å². The first-order valence-electron chi connectivity index (χ1n) is 7.25. The van der Waals surface area contributed by atoms with Gasteiger partial charge in [0.15, 0.2) is 5.96 Å². The minimum atomic E-state index is -0.795. The topological polar surface area (TPSA) is 157 Å². The molecule has 0 aromatic rings. The van der Waals surface area contributed by atoms with Gasteiger partial charge >= 0.3 is 0 Å². The molecule has 3 amide bonds. The summed E-state index contributed by atoms with van der Waals surface area (Å²) in [7, 11) is 0. The van der Waals surface area contributed by atoms with Crippen LogP contribution in [0.5, 0.6) is 0 Å². The van der Waals surface area contributed by atoms with Gasteiger partial charge in [-0.2, -0.15) is 0 Å². The molecule has 0 bridgehead atoms. The quantitative estimate of drug-likeness (QED) is 0.243. The van der Waals surface area contributed by atoms with Crippen molar-refractivity contribution in [3.05, 3.63) is 0 Å². The van der Waals surface area contributed by atoms with E-state index < -0.39 is 18.0 Å². The van der Waals surface area contributed by atoms with Crippen molar-refractivity contribution in [2.75, 3.05) is 13.1 Å². The number of primary amides is 1. The van der Waals surface area contributed by atoms with Gasteiger partial charge in [-0.15, -0.1) is 0 Å². The van der Waals surface area contributed by atoms with Gasteiger partial charge in [0.05, 0.1) is 0 Å². The molecule has 0 saturated carbocycles. The SMILES string of the molecule is CC(=O)N1CCCC1C(=O)NC(CCCN=C(N)N)C(N)=O. The second-order valence-corrected chi connectivity index (χ2v) is 5.28. The molecule has 0 aromatic carbocycles. The minimum absolute atomic E-state index is 0.0253. The number of nitrogens with one attached hydrogen (secondary N) is 1. The Labute approximate surface area is 129 Å². The van der Waals surface area contributed by atoms with Gasteiger partial charge in [-0.25, -0.2) is 0 Å². The zero-order chi connectivity index (χ0) is 16.7. The lowest BCUT2D eigenvalue weighted by molar-refractivity contribution is -0.138. The first-order chi connectivity index (χ1) is 10.3. The summed E-state index contributed by atoms with van der Waals surface area (Å²) >= 11 is 0. The molecule has 1 aliphatic rings. The molecule has 1 aliphatic heterocycles. The number of carbonyl (C=O) groups is 3. The molecule has 1 rings (SSSR count). The summed E-state index contributed by atoms with van der Waals surface area (Å²) in [4.78, 5) is 40.5. The number of nitrogens with two attached hydrogens (primary N) is 3. The van der Waals surface area contributed by atoms with Gasteiger partial charge in [0.1, 0.15) is 12.1 Å². The fourth-order valence-corrected chi connectivity index (χ4v) is 2.47. The molecular weight excluding hydrogens is 288 g/mol. The second-order valence-electron chi connectivity index (χ2n) is 5.28. The van der Waals surface area contributed by atoms with E-state index in [4.69, 9.17) is 17.2 Å². The van der Waals surface area contributed by atoms with Crippen LogP contribution in [-0.4, -0.2) is 53.8 Å². The fraction of sp³-hybridized carbons (Fsp3) is 0.692. The lowest BCUT2D eigenvalue weighted by atomic mass is 10.1. The number of aliphatic imine (C=N–C) groups is 1. The van der Waals surface area contributed by atoms with Gasteiger partial charge in [-0.1, -0.05) is 0 Å². The smallest absolute Gasteiger partial charge is 0.243 e. The zero-order valence-electron chi connectivity index (χ0n) is 12.7. The molecule has 9 nitrogen and oxygen atoms in total. The third kappa shape index (κ3) is 5.23. The number of hydrogen-bond acceptors (Lipinski definition) is 4. The van der Waals surface area contributed by atoms with Crippen molar-refractivity contribution in [2.45, 2.75) is 44.7 Å². The Hall–Kier alpha value is -2.32. The lowest BCUT2D eigenvalue weighted by Gasteiger charge is -2.24. The molecule has 22 heavy (non-hydrogen) atoms. The number of amides is 3. The number of likely N-dealkylation sites (tertiary alicyclic amines) is 1. The van der Waals surface area contributed by atoms with Crippen LogP contribution in [0, 0.1) is 0 Å². The average molecular weight is 312 g/mol. The standard InChI is InChI=1S/C13H24N6O3/c1-8(20)19-7-3-5-10(19)12(22)18-9(11(14)21)4-2-6-17-13(15)16/h9-10H,2-7H2,1H3,(H2,14,21)(H,18,22)(H4,15,16,17). The summed E-state index contributed by atoms with van der Waals surface area (Å²) in [6, 6.07) is -1.33. The predicted molar refractivity (Wildman–Crippen MR) is 81.4 cm³/mol. The summed E-state index contributed by atoms with van der Waals surface area (Å²) in [6.45, 7) is 2.33. The van der Waals surface area contributed by atoms with E-state index in [0.29, 0.717) is 32.4 Å². The van der Waals surface area contributed by atoms with Crippen LogP contribution in [0.4, 0.5) is 0 Å². The largest absolute Gasteiger partial charge is 0.370 e. The van der Waals surface area contributed by atoms with Crippen LogP contribution in [0.25, 0.3) is 0 Å². The predicted octanol–water partition coefficient (Wildman–Crippen LogP) is -1.98. The molecule has 0 aromatic heterocycles. The van der Waals surface area contributed by atoms with Crippen molar-refractivity contribution >= 4 is 23.7 Å². The van der Waals surface area contributed by atoms with Crippen molar-refractivity contribution in [1.82, 2.24) is 10.2 Å². The number of rotatable bonds is 7. The highest BCUT2D eigenvalue weighted by Gasteiger charge is 2.33. The van der Waals surface area contributed by atoms with Gasteiger partial charge in [0.2, 0.25) is 17.7 Å². The van der Waals surface area contributed by atoms with Gasteiger partial charge < -0.3 is 27.4 Å². The van der Waals surface area contributed by atoms with Crippen LogP contribution in [0.1, 0.15) is 32.6 Å². The van der Waals surface area contributed by atoms with Gasteiger partial charge in [0, 0.05) is 20.0 Å². The zero-order valence-corrected chi connectivity index (χ0v) is 12.7. The van der Waals surface area contributed by atoms with Gasteiger partial charge in [-0.3, -0.25) is 19.4 Å². The molecule has 2 atom stereocenters. The monoisotopic (exact) mass is 312 g/mol. The molecule has 1 saturated heterocycles. The summed E-state index contributed by atoms with van der Waals surface area (Å²) in [5.41, 5.74) is 15.7. The Morgan fingerprint density at radius 1 is 1.32 bits per heavy atom. The molecule has 1 fully saturated rings. The lowest BCUT2D eigenvalue weighted by Crippen LogP contribution is -2.52. The van der Waals surface area contributed by atoms with Crippen molar-refractivity contribution < 1.29 is 14.4 Å². The van der Waals surface area contributed by atoms with E-state index >= 15 is 0 Å². The highest BCUT2D eigenvalue weighted by atomic mass is 16.2. The number of hydrogen-bond donors (Lipinski definition) is 4. The van der Waals surface area contributed by atoms with Crippen LogP contribution in [0.3, 0.4) is 0 Å². The molecule has 0 radical (unpaired) electrons. The van der Waals surface area contributed by atoms with Crippen LogP contribution in [0.15, 0.2) is 4.99 Å². The van der Waals surface area contributed by atoms with Crippen molar-refractivity contribution in [3.63, 3.8) is 0 Å². The molecule has 7 N–H and O–H groups in total. The van der Waals surface area contributed by atoms with E-state index in [0.717, 1.165) is 6.42 Å². The number of carbonyl (C=O) groups excluding carboxylic acids is 3. The van der Waals surface area contributed by atoms with Crippen molar-refractivity contribution in [3.8, 4) is 0 Å². The molecule has 0 aliphatic carbocycles. The number of nitrogens with zero attached hydrogens (tertiary/aromatic N) is 2. The van der Waals surface area contributed by atoms with E-state index in [2.05, 4.69) is 10.3 Å². The maximum atomic E-state index is 12.2. The van der Waals surface area contributed by atoms with E-state index in [9.17, 15) is 14.4 Å². The van der Waals surface area contributed by atoms with Crippen LogP contribution < -0.4 is 22.5 Å². The van der Waals surface area contributed by atoms with Gasteiger partial charge in [-0.05, 0) is 25.7 Å². The van der Waals surface area contributed by atoms with E-state index in [1.807, 2.05) is 0 Å². The summed E-state index contributed by atoms with van der Waals surface area (Å²) in [5, 5.41) is 2.61. The first kappa shape index (κ1) is 17.7. The van der Waals surface area contributed by atoms with E-state index in [1.165, 1.54) is 11.8 Å². The number of guanidine groups is 1. The second kappa shape index (κ2) is 8.20. The first-order valence-corrected chi connectivity index (χ1v) is 7.25. The molecule has 1 heterocycles. The molecule has 0 spiro atoms. The summed E-state index contributed by atoms with van der Waals surface area (Å²) < 4.78 is 0. The molecule has 124 valence electrons. The Bertz CT molecular complexity index is 461. The summed E-state index contributed by atoms with van der Waals surface area (Å²) in [5.74, 6) is -1.15. The maximum Gasteiger partial charge on any atom is 0.243 e. The molecular formula is C13H24N6O3. The van der Waals surface area contributed by atoms with E-state index in [1.54, 1.807) is 0 Å². The Kier molecular flexibility index (Phi) is 6.61. The fourth-order valence-electron chi connectivity index (χ4n) is 2.47. The Morgan fingerprint density at radius 3 is 2.55 bits per heavy atom. The van der Waals surface area contributed by atoms with Gasteiger partial charge in [0.25, 0.3) is 0 Å². The summed E-state index contributed by atoms with van der Waals surface area (Å²) in [6.07, 6.45) is 2.20. The molecule has 9 heteroatoms. The van der Waals surface area contributed by atoms with Crippen molar-refractivity contribution in [1.29, 1.82) is 0 Å². The third-order valence-corrected chi connectivity index (χ3v) is 3.57. The average Bonchev–Trinajstić information content (AvgIpc) is 2.91.